The summed E-state index contributed by atoms with van der Waals surface area (Å²) >= 11 is 0. The van der Waals surface area contributed by atoms with Gasteiger partial charge in [0.25, 0.3) is 0 Å². The lowest BCUT2D eigenvalue weighted by atomic mass is 9.99. The van der Waals surface area contributed by atoms with E-state index < -0.39 is 12.1 Å². The van der Waals surface area contributed by atoms with E-state index in [9.17, 15) is 14.7 Å². The third-order valence-corrected chi connectivity index (χ3v) is 5.07. The summed E-state index contributed by atoms with van der Waals surface area (Å²) in [6, 6.07) is 3.25. The van der Waals surface area contributed by atoms with E-state index in [1.807, 2.05) is 20.8 Å². The molecule has 0 saturated heterocycles. The molecule has 1 aliphatic carbocycles. The summed E-state index contributed by atoms with van der Waals surface area (Å²) in [5.74, 6) is -0.502. The molecule has 1 aromatic rings. The van der Waals surface area contributed by atoms with Crippen molar-refractivity contribution in [2.75, 3.05) is 0 Å². The van der Waals surface area contributed by atoms with E-state index in [0.717, 1.165) is 42.4 Å². The first-order chi connectivity index (χ1) is 11.8. The average molecular weight is 346 g/mol. The van der Waals surface area contributed by atoms with E-state index in [1.165, 1.54) is 12.5 Å². The van der Waals surface area contributed by atoms with Crippen molar-refractivity contribution in [1.82, 2.24) is 10.6 Å². The number of hydrogen-bond donors (Lipinski definition) is 3. The van der Waals surface area contributed by atoms with Gasteiger partial charge in [0, 0.05) is 12.5 Å². The van der Waals surface area contributed by atoms with Crippen molar-refractivity contribution < 1.29 is 14.7 Å². The number of aliphatic hydroxyl groups excluding tert-OH is 1. The fraction of sp³-hybridized carbons (Fsp3) is 0.600. The molecule has 2 rings (SSSR count). The summed E-state index contributed by atoms with van der Waals surface area (Å²) in [6.45, 7) is 8.01. The van der Waals surface area contributed by atoms with Crippen molar-refractivity contribution in [2.45, 2.75) is 72.1 Å². The Balaban J connectivity index is 1.99. The Morgan fingerprint density at radius 1 is 1.16 bits per heavy atom. The molecule has 0 unspecified atom stereocenters. The highest BCUT2D eigenvalue weighted by molar-refractivity contribution is 5.89. The van der Waals surface area contributed by atoms with Crippen molar-refractivity contribution in [3.8, 4) is 0 Å². The van der Waals surface area contributed by atoms with Crippen LogP contribution in [0.2, 0.25) is 0 Å². The molecular formula is C20H30N2O3. The molecule has 25 heavy (non-hydrogen) atoms. The van der Waals surface area contributed by atoms with Crippen LogP contribution in [-0.4, -0.2) is 29.1 Å². The largest absolute Gasteiger partial charge is 0.391 e. The van der Waals surface area contributed by atoms with Gasteiger partial charge in [-0.2, -0.15) is 0 Å². The van der Waals surface area contributed by atoms with Gasteiger partial charge in [0.1, 0.15) is 6.04 Å². The standard InChI is InChI=1S/C20H30N2O3/c1-12-9-13(2)17(14(3)10-12)11-21-20(25)18(15(4)23)22-19(24)16-7-5-6-8-16/h9-10,15-16,18,23H,5-8,11H2,1-4H3,(H,21,25)(H,22,24)/t15-,18-/m0/s1. The van der Waals surface area contributed by atoms with Crippen molar-refractivity contribution in [3.63, 3.8) is 0 Å². The monoisotopic (exact) mass is 346 g/mol. The van der Waals surface area contributed by atoms with Gasteiger partial charge in [-0.25, -0.2) is 0 Å². The van der Waals surface area contributed by atoms with Crippen LogP contribution in [0.4, 0.5) is 0 Å². The van der Waals surface area contributed by atoms with Crippen LogP contribution in [0, 0.1) is 26.7 Å². The van der Waals surface area contributed by atoms with Crippen LogP contribution in [0.5, 0.6) is 0 Å². The van der Waals surface area contributed by atoms with Gasteiger partial charge < -0.3 is 15.7 Å². The first-order valence-corrected chi connectivity index (χ1v) is 9.12. The lowest BCUT2D eigenvalue weighted by Gasteiger charge is -2.23. The second kappa shape index (κ2) is 8.48. The summed E-state index contributed by atoms with van der Waals surface area (Å²) in [6.07, 6.45) is 2.89. The van der Waals surface area contributed by atoms with E-state index in [1.54, 1.807) is 0 Å². The topological polar surface area (TPSA) is 78.4 Å². The second-order valence-electron chi connectivity index (χ2n) is 7.30. The second-order valence-corrected chi connectivity index (χ2v) is 7.30. The number of aliphatic hydroxyl groups is 1. The summed E-state index contributed by atoms with van der Waals surface area (Å²) in [5.41, 5.74) is 4.52. The predicted molar refractivity (Wildman–Crippen MR) is 98.1 cm³/mol. The van der Waals surface area contributed by atoms with Gasteiger partial charge in [0.05, 0.1) is 6.10 Å². The highest BCUT2D eigenvalue weighted by atomic mass is 16.3. The minimum absolute atomic E-state index is 0.0318. The van der Waals surface area contributed by atoms with E-state index in [-0.39, 0.29) is 17.7 Å². The molecular weight excluding hydrogens is 316 g/mol. The lowest BCUT2D eigenvalue weighted by molar-refractivity contribution is -0.133. The van der Waals surface area contributed by atoms with Crippen molar-refractivity contribution in [3.05, 3.63) is 34.4 Å². The lowest BCUT2D eigenvalue weighted by Crippen LogP contribution is -2.53. The fourth-order valence-electron chi connectivity index (χ4n) is 3.64. The van der Waals surface area contributed by atoms with Crippen molar-refractivity contribution >= 4 is 11.8 Å². The van der Waals surface area contributed by atoms with Crippen LogP contribution >= 0.6 is 0 Å². The van der Waals surface area contributed by atoms with Gasteiger partial charge in [0.2, 0.25) is 11.8 Å². The van der Waals surface area contributed by atoms with Gasteiger partial charge in [-0.15, -0.1) is 0 Å². The number of rotatable bonds is 6. The van der Waals surface area contributed by atoms with Crippen LogP contribution in [0.1, 0.15) is 54.9 Å². The van der Waals surface area contributed by atoms with Crippen LogP contribution < -0.4 is 10.6 Å². The number of hydrogen-bond acceptors (Lipinski definition) is 3. The van der Waals surface area contributed by atoms with Crippen molar-refractivity contribution in [2.24, 2.45) is 5.92 Å². The molecule has 5 heteroatoms. The highest BCUT2D eigenvalue weighted by Gasteiger charge is 2.30. The maximum atomic E-state index is 12.5. The first kappa shape index (κ1) is 19.4. The maximum Gasteiger partial charge on any atom is 0.245 e. The van der Waals surface area contributed by atoms with E-state index in [0.29, 0.717) is 6.54 Å². The highest BCUT2D eigenvalue weighted by Crippen LogP contribution is 2.24. The molecule has 3 N–H and O–H groups in total. The number of amides is 2. The first-order valence-electron chi connectivity index (χ1n) is 9.12. The van der Waals surface area contributed by atoms with E-state index in [4.69, 9.17) is 0 Å². The quantitative estimate of drug-likeness (QED) is 0.739. The Bertz CT molecular complexity index is 611. The van der Waals surface area contributed by atoms with Gasteiger partial charge >= 0.3 is 0 Å². The fourth-order valence-corrected chi connectivity index (χ4v) is 3.64. The molecule has 0 radical (unpaired) electrons. The van der Waals surface area contributed by atoms with Crippen molar-refractivity contribution in [1.29, 1.82) is 0 Å². The Kier molecular flexibility index (Phi) is 6.59. The third kappa shape index (κ3) is 5.05. The van der Waals surface area contributed by atoms with Crippen LogP contribution in [0.3, 0.4) is 0 Å². The minimum Gasteiger partial charge on any atom is -0.391 e. The Morgan fingerprint density at radius 3 is 2.24 bits per heavy atom. The Labute approximate surface area is 150 Å². The molecule has 1 saturated carbocycles. The normalized spacial score (nSPS) is 17.2. The number of carbonyl (C=O) groups is 2. The van der Waals surface area contributed by atoms with Gasteiger partial charge in [-0.3, -0.25) is 9.59 Å². The zero-order valence-electron chi connectivity index (χ0n) is 15.7. The van der Waals surface area contributed by atoms with Crippen LogP contribution in [0.25, 0.3) is 0 Å². The molecule has 138 valence electrons. The summed E-state index contributed by atoms with van der Waals surface area (Å²) in [7, 11) is 0. The van der Waals surface area contributed by atoms with Gasteiger partial charge in [0.15, 0.2) is 0 Å². The molecule has 0 heterocycles. The number of nitrogens with one attached hydrogen (secondary N) is 2. The van der Waals surface area contributed by atoms with Gasteiger partial charge in [-0.05, 0) is 57.2 Å². The molecule has 0 aromatic heterocycles. The smallest absolute Gasteiger partial charge is 0.245 e. The van der Waals surface area contributed by atoms with Crippen LogP contribution in [-0.2, 0) is 16.1 Å². The molecule has 1 aliphatic rings. The average Bonchev–Trinajstić information content (AvgIpc) is 3.05. The molecule has 0 aliphatic heterocycles. The maximum absolute atomic E-state index is 12.5. The molecule has 0 bridgehead atoms. The number of aryl methyl sites for hydroxylation is 3. The van der Waals surface area contributed by atoms with E-state index >= 15 is 0 Å². The molecule has 1 aromatic carbocycles. The molecule has 5 nitrogen and oxygen atoms in total. The number of carbonyl (C=O) groups excluding carboxylic acids is 2. The summed E-state index contributed by atoms with van der Waals surface area (Å²) in [5, 5.41) is 15.5. The Morgan fingerprint density at radius 2 is 1.72 bits per heavy atom. The molecule has 2 atom stereocenters. The van der Waals surface area contributed by atoms with E-state index in [2.05, 4.69) is 22.8 Å². The molecule has 1 fully saturated rings. The molecule has 2 amide bonds. The minimum atomic E-state index is -0.939. The zero-order chi connectivity index (χ0) is 18.6. The van der Waals surface area contributed by atoms with Gasteiger partial charge in [-0.1, -0.05) is 30.5 Å². The summed E-state index contributed by atoms with van der Waals surface area (Å²) < 4.78 is 0. The molecule has 0 spiro atoms. The SMILES string of the molecule is Cc1cc(C)c(CNC(=O)[C@@H](NC(=O)C2CCCC2)[C@H](C)O)c(C)c1. The van der Waals surface area contributed by atoms with Crippen LogP contribution in [0.15, 0.2) is 12.1 Å². The summed E-state index contributed by atoms with van der Waals surface area (Å²) in [4.78, 5) is 24.8. The Hall–Kier alpha value is -1.88. The third-order valence-electron chi connectivity index (χ3n) is 5.07. The zero-order valence-corrected chi connectivity index (χ0v) is 15.7. The predicted octanol–water partition coefficient (Wildman–Crippen LogP) is 2.28. The number of benzene rings is 1.